The number of nitrogens with zero attached hydrogens (tertiary/aromatic N) is 1. The van der Waals surface area contributed by atoms with Gasteiger partial charge in [-0.2, -0.15) is 0 Å². The smallest absolute Gasteiger partial charge is 0.228 e. The van der Waals surface area contributed by atoms with E-state index in [-0.39, 0.29) is 11.8 Å². The zero-order valence-electron chi connectivity index (χ0n) is 10.9. The lowest BCUT2D eigenvalue weighted by atomic mass is 9.85. The zero-order valence-corrected chi connectivity index (χ0v) is 10.9. The second-order valence-corrected chi connectivity index (χ2v) is 4.86. The average Bonchev–Trinajstić information content (AvgIpc) is 2.29. The van der Waals surface area contributed by atoms with E-state index in [1.807, 2.05) is 44.2 Å². The van der Waals surface area contributed by atoms with Crippen LogP contribution in [0.5, 0.6) is 0 Å². The molecule has 1 N–H and O–H groups in total. The van der Waals surface area contributed by atoms with Crippen LogP contribution >= 0.6 is 0 Å². The molecule has 3 heteroatoms. The second kappa shape index (κ2) is 5.82. The number of carbonyl (C=O) groups is 1. The third-order valence-corrected chi connectivity index (χ3v) is 2.93. The van der Waals surface area contributed by atoms with Crippen LogP contribution in [-0.2, 0) is 4.79 Å². The van der Waals surface area contributed by atoms with Gasteiger partial charge < -0.3 is 10.0 Å². The van der Waals surface area contributed by atoms with Crippen LogP contribution in [0.2, 0.25) is 0 Å². The Labute approximate surface area is 103 Å². The minimum absolute atomic E-state index is 0.0312. The fourth-order valence-corrected chi connectivity index (χ4v) is 1.94. The molecule has 94 valence electrons. The molecular formula is C14H21NO2. The molecule has 1 amide bonds. The summed E-state index contributed by atoms with van der Waals surface area (Å²) in [5, 5.41) is 10.3. The lowest BCUT2D eigenvalue weighted by molar-refractivity contribution is -0.139. The van der Waals surface area contributed by atoms with Gasteiger partial charge in [-0.3, -0.25) is 4.79 Å². The molecule has 0 radical (unpaired) electrons. The first-order valence-electron chi connectivity index (χ1n) is 5.89. The highest BCUT2D eigenvalue weighted by atomic mass is 16.3. The number of benzene rings is 1. The Balaban J connectivity index is 2.96. The van der Waals surface area contributed by atoms with Crippen molar-refractivity contribution in [2.24, 2.45) is 11.8 Å². The van der Waals surface area contributed by atoms with Gasteiger partial charge in [0.25, 0.3) is 0 Å². The first kappa shape index (κ1) is 13.7. The topological polar surface area (TPSA) is 40.5 Å². The van der Waals surface area contributed by atoms with Gasteiger partial charge >= 0.3 is 0 Å². The molecule has 1 aromatic rings. The minimum atomic E-state index is -0.744. The maximum Gasteiger partial charge on any atom is 0.228 e. The highest BCUT2D eigenvalue weighted by Crippen LogP contribution is 2.29. The quantitative estimate of drug-likeness (QED) is 0.868. The summed E-state index contributed by atoms with van der Waals surface area (Å²) in [5.74, 6) is -0.330. The summed E-state index contributed by atoms with van der Waals surface area (Å²) in [4.78, 5) is 13.6. The van der Waals surface area contributed by atoms with Crippen molar-refractivity contribution in [3.63, 3.8) is 0 Å². The Kier molecular flexibility index (Phi) is 4.70. The highest BCUT2D eigenvalue weighted by molar-refractivity contribution is 5.79. The molecule has 0 aliphatic heterocycles. The summed E-state index contributed by atoms with van der Waals surface area (Å²) in [6, 6.07) is 9.34. The molecule has 0 fully saturated rings. The van der Waals surface area contributed by atoms with Gasteiger partial charge in [-0.1, -0.05) is 44.2 Å². The summed E-state index contributed by atoms with van der Waals surface area (Å²) in [6.07, 6.45) is -0.744. The van der Waals surface area contributed by atoms with E-state index < -0.39 is 12.0 Å². The standard InChI is InChI=1S/C14H21NO2/c1-10(2)12(14(17)15(3)4)13(16)11-8-6-5-7-9-11/h5-10,12-13,16H,1-4H3. The molecule has 0 aliphatic carbocycles. The van der Waals surface area contributed by atoms with Gasteiger partial charge in [0, 0.05) is 14.1 Å². The van der Waals surface area contributed by atoms with Crippen LogP contribution in [0, 0.1) is 11.8 Å². The largest absolute Gasteiger partial charge is 0.388 e. The minimum Gasteiger partial charge on any atom is -0.388 e. The van der Waals surface area contributed by atoms with Crippen molar-refractivity contribution in [1.82, 2.24) is 4.90 Å². The number of hydrogen-bond donors (Lipinski definition) is 1. The molecule has 1 aromatic carbocycles. The van der Waals surface area contributed by atoms with Gasteiger partial charge in [0.15, 0.2) is 0 Å². The van der Waals surface area contributed by atoms with E-state index in [1.165, 1.54) is 4.90 Å². The van der Waals surface area contributed by atoms with E-state index in [0.29, 0.717) is 0 Å². The van der Waals surface area contributed by atoms with E-state index in [9.17, 15) is 9.90 Å². The second-order valence-electron chi connectivity index (χ2n) is 4.86. The molecule has 0 heterocycles. The number of amides is 1. The van der Waals surface area contributed by atoms with Crippen LogP contribution in [0.4, 0.5) is 0 Å². The van der Waals surface area contributed by atoms with Gasteiger partial charge in [-0.05, 0) is 11.5 Å². The number of hydrogen-bond acceptors (Lipinski definition) is 2. The first-order chi connectivity index (χ1) is 7.95. The molecule has 1 rings (SSSR count). The van der Waals surface area contributed by atoms with Crippen molar-refractivity contribution in [1.29, 1.82) is 0 Å². The zero-order chi connectivity index (χ0) is 13.0. The van der Waals surface area contributed by atoms with E-state index in [1.54, 1.807) is 14.1 Å². The summed E-state index contributed by atoms with van der Waals surface area (Å²) in [7, 11) is 3.44. The third-order valence-electron chi connectivity index (χ3n) is 2.93. The van der Waals surface area contributed by atoms with Crippen LogP contribution < -0.4 is 0 Å². The van der Waals surface area contributed by atoms with E-state index in [0.717, 1.165) is 5.56 Å². The summed E-state index contributed by atoms with van der Waals surface area (Å²) >= 11 is 0. The molecule has 2 unspecified atom stereocenters. The molecule has 0 aromatic heterocycles. The number of aliphatic hydroxyl groups excluding tert-OH is 1. The maximum atomic E-state index is 12.1. The van der Waals surface area contributed by atoms with Crippen molar-refractivity contribution in [2.45, 2.75) is 20.0 Å². The van der Waals surface area contributed by atoms with Gasteiger partial charge in [-0.15, -0.1) is 0 Å². The molecule has 0 aliphatic rings. The van der Waals surface area contributed by atoms with Crippen LogP contribution in [-0.4, -0.2) is 30.0 Å². The Morgan fingerprint density at radius 2 is 1.71 bits per heavy atom. The summed E-state index contributed by atoms with van der Waals surface area (Å²) in [6.45, 7) is 3.91. The number of aliphatic hydroxyl groups is 1. The van der Waals surface area contributed by atoms with Crippen LogP contribution in [0.15, 0.2) is 30.3 Å². The Morgan fingerprint density at radius 3 is 2.12 bits per heavy atom. The Hall–Kier alpha value is -1.35. The lowest BCUT2D eigenvalue weighted by Gasteiger charge is -2.28. The average molecular weight is 235 g/mol. The van der Waals surface area contributed by atoms with Gasteiger partial charge in [0.2, 0.25) is 5.91 Å². The van der Waals surface area contributed by atoms with Gasteiger partial charge in [0.1, 0.15) is 0 Å². The fourth-order valence-electron chi connectivity index (χ4n) is 1.94. The van der Waals surface area contributed by atoms with E-state index in [4.69, 9.17) is 0 Å². The number of carbonyl (C=O) groups excluding carboxylic acids is 1. The monoisotopic (exact) mass is 235 g/mol. The normalized spacial score (nSPS) is 14.5. The maximum absolute atomic E-state index is 12.1. The third kappa shape index (κ3) is 3.30. The lowest BCUT2D eigenvalue weighted by Crippen LogP contribution is -2.36. The SMILES string of the molecule is CC(C)C(C(=O)N(C)C)C(O)c1ccccc1. The first-order valence-corrected chi connectivity index (χ1v) is 5.89. The van der Waals surface area contributed by atoms with Gasteiger partial charge in [0.05, 0.1) is 12.0 Å². The summed E-state index contributed by atoms with van der Waals surface area (Å²) < 4.78 is 0. The van der Waals surface area contributed by atoms with Crippen LogP contribution in [0.3, 0.4) is 0 Å². The molecule has 17 heavy (non-hydrogen) atoms. The van der Waals surface area contributed by atoms with E-state index in [2.05, 4.69) is 0 Å². The fraction of sp³-hybridized carbons (Fsp3) is 0.500. The number of rotatable bonds is 4. The van der Waals surface area contributed by atoms with Crippen molar-refractivity contribution in [3.05, 3.63) is 35.9 Å². The van der Waals surface area contributed by atoms with Crippen molar-refractivity contribution in [2.75, 3.05) is 14.1 Å². The molecule has 0 bridgehead atoms. The van der Waals surface area contributed by atoms with Gasteiger partial charge in [-0.25, -0.2) is 0 Å². The molecule has 0 saturated heterocycles. The van der Waals surface area contributed by atoms with Crippen molar-refractivity contribution < 1.29 is 9.90 Å². The van der Waals surface area contributed by atoms with Crippen molar-refractivity contribution in [3.8, 4) is 0 Å². The molecule has 2 atom stereocenters. The highest BCUT2D eigenvalue weighted by Gasteiger charge is 2.31. The predicted molar refractivity (Wildman–Crippen MR) is 68.4 cm³/mol. The molecule has 3 nitrogen and oxygen atoms in total. The molecule has 0 saturated carbocycles. The van der Waals surface area contributed by atoms with E-state index >= 15 is 0 Å². The summed E-state index contributed by atoms with van der Waals surface area (Å²) in [5.41, 5.74) is 0.793. The molecular weight excluding hydrogens is 214 g/mol. The van der Waals surface area contributed by atoms with Crippen LogP contribution in [0.1, 0.15) is 25.5 Å². The predicted octanol–water partition coefficient (Wildman–Crippen LogP) is 2.08. The Bertz CT molecular complexity index is 360. The molecule has 0 spiro atoms. The van der Waals surface area contributed by atoms with Crippen molar-refractivity contribution >= 4 is 5.91 Å². The Morgan fingerprint density at radius 1 is 1.18 bits per heavy atom. The van der Waals surface area contributed by atoms with Crippen LogP contribution in [0.25, 0.3) is 0 Å².